The number of fused-ring (bicyclic) bond motifs is 1. The second kappa shape index (κ2) is 8.00. The second-order valence-corrected chi connectivity index (χ2v) is 7.17. The Morgan fingerprint density at radius 3 is 2.46 bits per heavy atom. The third-order valence-corrected chi connectivity index (χ3v) is 5.04. The molecule has 0 saturated heterocycles. The fourth-order valence-corrected chi connectivity index (χ4v) is 3.30. The summed E-state index contributed by atoms with van der Waals surface area (Å²) in [6.45, 7) is -0.0889. The van der Waals surface area contributed by atoms with Gasteiger partial charge in [-0.1, -0.05) is 54.3 Å². The molecule has 0 saturated carbocycles. The molecule has 26 heavy (non-hydrogen) atoms. The van der Waals surface area contributed by atoms with Crippen LogP contribution in [0.5, 0.6) is 5.75 Å². The van der Waals surface area contributed by atoms with Crippen LogP contribution in [-0.2, 0) is 10.0 Å². The minimum Gasteiger partial charge on any atom is -0.478 e. The largest absolute Gasteiger partial charge is 0.478 e. The topological polar surface area (TPSA) is 55.4 Å². The summed E-state index contributed by atoms with van der Waals surface area (Å²) in [6.07, 6.45) is 0. The van der Waals surface area contributed by atoms with Crippen molar-refractivity contribution in [2.45, 2.75) is 4.90 Å². The number of hydrogen-bond acceptors (Lipinski definition) is 3. The number of para-hydroxylation sites is 1. The number of sulfonamides is 1. The highest BCUT2D eigenvalue weighted by molar-refractivity contribution is 7.89. The van der Waals surface area contributed by atoms with Gasteiger partial charge in [0.15, 0.2) is 11.6 Å². The number of nitrogens with one attached hydrogen (secondary N) is 1. The van der Waals surface area contributed by atoms with Crippen LogP contribution in [0.15, 0.2) is 71.6 Å². The summed E-state index contributed by atoms with van der Waals surface area (Å²) >= 11 is 0. The smallest absolute Gasteiger partial charge is 0.241 e. The lowest BCUT2D eigenvalue weighted by Crippen LogP contribution is -2.24. The van der Waals surface area contributed by atoms with E-state index in [1.165, 1.54) is 12.1 Å². The molecular weight excluding hydrogens is 353 g/mol. The van der Waals surface area contributed by atoms with Gasteiger partial charge < -0.3 is 4.74 Å². The van der Waals surface area contributed by atoms with Crippen LogP contribution in [0.4, 0.5) is 4.39 Å². The van der Waals surface area contributed by atoms with Crippen LogP contribution in [0.1, 0.15) is 0 Å². The lowest BCUT2D eigenvalue weighted by Gasteiger charge is -2.05. The van der Waals surface area contributed by atoms with Crippen LogP contribution in [0.2, 0.25) is 0 Å². The Bertz CT molecular complexity index is 1080. The summed E-state index contributed by atoms with van der Waals surface area (Å²) in [5.74, 6) is 4.94. The molecule has 0 fully saturated rings. The van der Waals surface area contributed by atoms with E-state index in [1.54, 1.807) is 30.3 Å². The molecule has 6 heteroatoms. The minimum atomic E-state index is -3.65. The fraction of sp³-hybridized carbons (Fsp3) is 0.100. The summed E-state index contributed by atoms with van der Waals surface area (Å²) in [4.78, 5) is 0.181. The second-order valence-electron chi connectivity index (χ2n) is 5.41. The van der Waals surface area contributed by atoms with Crippen molar-refractivity contribution in [2.24, 2.45) is 0 Å². The van der Waals surface area contributed by atoms with Crippen molar-refractivity contribution < 1.29 is 17.5 Å². The zero-order valence-corrected chi connectivity index (χ0v) is 14.6. The van der Waals surface area contributed by atoms with E-state index in [2.05, 4.69) is 16.6 Å². The van der Waals surface area contributed by atoms with E-state index in [9.17, 15) is 12.8 Å². The molecule has 1 N–H and O–H groups in total. The molecule has 3 aromatic rings. The molecule has 0 aliphatic rings. The standard InChI is InChI=1S/C20H16FNO3S/c21-19-9-3-4-10-20(19)25-14-6-5-13-22-26(23,24)18-12-11-16-7-1-2-8-17(16)15-18/h1-4,7-12,15,22H,13-14H2. The SMILES string of the molecule is O=S(=O)(NCC#CCOc1ccccc1F)c1ccc2ccccc2c1. The highest BCUT2D eigenvalue weighted by Crippen LogP contribution is 2.18. The first-order chi connectivity index (χ1) is 12.6. The Morgan fingerprint density at radius 2 is 1.65 bits per heavy atom. The summed E-state index contributed by atoms with van der Waals surface area (Å²) in [5, 5.41) is 1.82. The fourth-order valence-electron chi connectivity index (χ4n) is 2.34. The normalized spacial score (nSPS) is 11.0. The molecule has 0 aliphatic heterocycles. The zero-order chi connectivity index (χ0) is 18.4. The maximum absolute atomic E-state index is 13.4. The quantitative estimate of drug-likeness (QED) is 0.702. The highest BCUT2D eigenvalue weighted by atomic mass is 32.2. The maximum Gasteiger partial charge on any atom is 0.241 e. The van der Waals surface area contributed by atoms with E-state index in [1.807, 2.05) is 24.3 Å². The molecule has 3 aromatic carbocycles. The number of rotatable bonds is 5. The molecule has 0 spiro atoms. The van der Waals surface area contributed by atoms with Crippen molar-refractivity contribution in [3.05, 3.63) is 72.5 Å². The molecule has 0 heterocycles. The number of ether oxygens (including phenoxy) is 1. The summed E-state index contributed by atoms with van der Waals surface area (Å²) in [5.41, 5.74) is 0. The van der Waals surface area contributed by atoms with Crippen molar-refractivity contribution in [1.82, 2.24) is 4.72 Å². The van der Waals surface area contributed by atoms with Crippen molar-refractivity contribution in [3.8, 4) is 17.6 Å². The van der Waals surface area contributed by atoms with Gasteiger partial charge in [-0.25, -0.2) is 12.8 Å². The predicted molar refractivity (Wildman–Crippen MR) is 98.8 cm³/mol. The first-order valence-corrected chi connectivity index (χ1v) is 9.36. The van der Waals surface area contributed by atoms with E-state index in [0.29, 0.717) is 0 Å². The van der Waals surface area contributed by atoms with Crippen molar-refractivity contribution in [3.63, 3.8) is 0 Å². The van der Waals surface area contributed by atoms with E-state index in [-0.39, 0.29) is 23.8 Å². The molecule has 0 aromatic heterocycles. The van der Waals surface area contributed by atoms with E-state index in [0.717, 1.165) is 10.8 Å². The molecular formula is C20H16FNO3S. The minimum absolute atomic E-state index is 0.0291. The van der Waals surface area contributed by atoms with Crippen LogP contribution < -0.4 is 9.46 Å². The van der Waals surface area contributed by atoms with Crippen LogP contribution in [0.25, 0.3) is 10.8 Å². The van der Waals surface area contributed by atoms with Crippen LogP contribution in [0.3, 0.4) is 0 Å². The highest BCUT2D eigenvalue weighted by Gasteiger charge is 2.13. The average Bonchev–Trinajstić information content (AvgIpc) is 2.65. The summed E-state index contributed by atoms with van der Waals surface area (Å²) < 4.78 is 45.6. The van der Waals surface area contributed by atoms with Gasteiger partial charge in [0.05, 0.1) is 11.4 Å². The van der Waals surface area contributed by atoms with Crippen LogP contribution in [0, 0.1) is 17.7 Å². The van der Waals surface area contributed by atoms with E-state index < -0.39 is 15.8 Å². The van der Waals surface area contributed by atoms with Gasteiger partial charge in [-0.15, -0.1) is 0 Å². The van der Waals surface area contributed by atoms with Gasteiger partial charge in [0, 0.05) is 0 Å². The number of hydrogen-bond donors (Lipinski definition) is 1. The molecule has 3 rings (SSSR count). The van der Waals surface area contributed by atoms with Gasteiger partial charge in [-0.05, 0) is 35.0 Å². The lowest BCUT2D eigenvalue weighted by atomic mass is 10.1. The molecule has 132 valence electrons. The van der Waals surface area contributed by atoms with Gasteiger partial charge in [0.1, 0.15) is 6.61 Å². The Morgan fingerprint density at radius 1 is 0.923 bits per heavy atom. The average molecular weight is 369 g/mol. The predicted octanol–water partition coefficient (Wildman–Crippen LogP) is 3.34. The van der Waals surface area contributed by atoms with Gasteiger partial charge in [0.25, 0.3) is 0 Å². The van der Waals surface area contributed by atoms with Gasteiger partial charge in [0.2, 0.25) is 10.0 Å². The monoisotopic (exact) mass is 369 g/mol. The molecule has 4 nitrogen and oxygen atoms in total. The van der Waals surface area contributed by atoms with Gasteiger partial charge in [-0.3, -0.25) is 0 Å². The zero-order valence-electron chi connectivity index (χ0n) is 13.8. The first-order valence-electron chi connectivity index (χ1n) is 7.88. The van der Waals surface area contributed by atoms with Gasteiger partial charge >= 0.3 is 0 Å². The van der Waals surface area contributed by atoms with Crippen LogP contribution in [-0.4, -0.2) is 21.6 Å². The molecule has 0 amide bonds. The van der Waals surface area contributed by atoms with E-state index >= 15 is 0 Å². The van der Waals surface area contributed by atoms with Gasteiger partial charge in [-0.2, -0.15) is 4.72 Å². The Kier molecular flexibility index (Phi) is 5.52. The van der Waals surface area contributed by atoms with E-state index in [4.69, 9.17) is 4.74 Å². The maximum atomic E-state index is 13.4. The van der Waals surface area contributed by atoms with Crippen molar-refractivity contribution in [1.29, 1.82) is 0 Å². The molecule has 0 atom stereocenters. The Hall–Kier alpha value is -2.88. The molecule has 0 aliphatic carbocycles. The third kappa shape index (κ3) is 4.39. The van der Waals surface area contributed by atoms with Crippen molar-refractivity contribution >= 4 is 20.8 Å². The lowest BCUT2D eigenvalue weighted by molar-refractivity contribution is 0.348. The molecule has 0 radical (unpaired) electrons. The van der Waals surface area contributed by atoms with Crippen molar-refractivity contribution in [2.75, 3.05) is 13.2 Å². The molecule has 0 bridgehead atoms. The number of benzene rings is 3. The first kappa shape index (κ1) is 17.9. The van der Waals surface area contributed by atoms with Crippen LogP contribution >= 0.6 is 0 Å². The Labute approximate surface area is 151 Å². The third-order valence-electron chi connectivity index (χ3n) is 3.64. The summed E-state index contributed by atoms with van der Waals surface area (Å²) in [7, 11) is -3.65. The molecule has 0 unspecified atom stereocenters. The summed E-state index contributed by atoms with van der Waals surface area (Å²) in [6, 6.07) is 18.5. The number of halogens is 1. The Balaban J connectivity index is 1.57.